The van der Waals surface area contributed by atoms with E-state index < -0.39 is 30.1 Å². The highest BCUT2D eigenvalue weighted by molar-refractivity contribution is 6.08. The first-order valence-corrected chi connectivity index (χ1v) is 14.8. The summed E-state index contributed by atoms with van der Waals surface area (Å²) >= 11 is 0. The molecule has 47 heavy (non-hydrogen) atoms. The number of carbonyl (C=O) groups excluding carboxylic acids is 2. The minimum absolute atomic E-state index is 0.0383. The number of hydrogen-bond donors (Lipinski definition) is 4. The second kappa shape index (κ2) is 15.6. The average molecular weight is 667 g/mol. The van der Waals surface area contributed by atoms with E-state index >= 15 is 0 Å². The van der Waals surface area contributed by atoms with Gasteiger partial charge in [0.05, 0.1) is 24.4 Å². The zero-order valence-electron chi connectivity index (χ0n) is 27.4. The van der Waals surface area contributed by atoms with Crippen LogP contribution in [0.4, 0.5) is 18.9 Å². The molecule has 0 aromatic heterocycles. The third-order valence-corrected chi connectivity index (χ3v) is 7.13. The van der Waals surface area contributed by atoms with Gasteiger partial charge in [-0.25, -0.2) is 9.59 Å². The van der Waals surface area contributed by atoms with Crippen molar-refractivity contribution in [1.29, 1.82) is 5.41 Å². The zero-order valence-corrected chi connectivity index (χ0v) is 27.4. The number of carboxylic acids is 2. The Morgan fingerprint density at radius 1 is 1.00 bits per heavy atom. The van der Waals surface area contributed by atoms with Gasteiger partial charge in [-0.3, -0.25) is 15.0 Å². The molecule has 0 unspecified atom stereocenters. The first-order chi connectivity index (χ1) is 21.8. The Morgan fingerprint density at radius 2 is 1.60 bits per heavy atom. The van der Waals surface area contributed by atoms with Crippen LogP contribution in [0.3, 0.4) is 0 Å². The first-order valence-electron chi connectivity index (χ1n) is 14.8. The molecule has 15 heteroatoms. The number of fused-ring (bicyclic) bond motifs is 1. The van der Waals surface area contributed by atoms with Crippen LogP contribution in [0.15, 0.2) is 24.3 Å². The number of amidine groups is 1. The number of rotatable bonds is 12. The molecule has 0 saturated carbocycles. The van der Waals surface area contributed by atoms with Crippen molar-refractivity contribution < 1.29 is 52.0 Å². The van der Waals surface area contributed by atoms with Crippen LogP contribution in [0, 0.1) is 5.41 Å². The van der Waals surface area contributed by atoms with Crippen molar-refractivity contribution in [1.82, 2.24) is 10.2 Å². The van der Waals surface area contributed by atoms with Crippen molar-refractivity contribution in [3.8, 4) is 11.5 Å². The Hall–Kier alpha value is -4.82. The summed E-state index contributed by atoms with van der Waals surface area (Å²) in [7, 11) is 1.54. The van der Waals surface area contributed by atoms with Crippen LogP contribution in [0.1, 0.15) is 78.9 Å². The number of anilines is 1. The predicted molar refractivity (Wildman–Crippen MR) is 168 cm³/mol. The summed E-state index contributed by atoms with van der Waals surface area (Å²) in [6, 6.07) is 6.95. The van der Waals surface area contributed by atoms with Crippen molar-refractivity contribution in [2.75, 3.05) is 44.8 Å². The summed E-state index contributed by atoms with van der Waals surface area (Å²) in [6.07, 6.45) is -5.08. The van der Waals surface area contributed by atoms with Crippen LogP contribution >= 0.6 is 0 Å². The van der Waals surface area contributed by atoms with Gasteiger partial charge in [-0.2, -0.15) is 13.2 Å². The number of ketones is 1. The van der Waals surface area contributed by atoms with Gasteiger partial charge in [0.1, 0.15) is 17.3 Å². The molecule has 3 rings (SSSR count). The highest BCUT2D eigenvalue weighted by atomic mass is 19.4. The van der Waals surface area contributed by atoms with Gasteiger partial charge in [-0.15, -0.1) is 0 Å². The molecule has 0 spiro atoms. The molecule has 1 heterocycles. The van der Waals surface area contributed by atoms with Crippen LogP contribution in [-0.2, 0) is 21.5 Å². The van der Waals surface area contributed by atoms with Crippen LogP contribution in [0.5, 0.6) is 11.5 Å². The second-order valence-electron chi connectivity index (χ2n) is 11.4. The molecule has 0 radical (unpaired) electrons. The topological polar surface area (TPSA) is 170 Å². The number of amides is 1. The van der Waals surface area contributed by atoms with Gasteiger partial charge in [-0.1, -0.05) is 20.8 Å². The fourth-order valence-corrected chi connectivity index (χ4v) is 4.83. The molecular weight excluding hydrogens is 625 g/mol. The number of alkyl halides is 3. The lowest BCUT2D eigenvalue weighted by molar-refractivity contribution is -0.192. The molecule has 2 aromatic rings. The second-order valence-corrected chi connectivity index (χ2v) is 11.4. The fraction of sp³-hybridized carbons (Fsp3) is 0.469. The summed E-state index contributed by atoms with van der Waals surface area (Å²) in [5.41, 5.74) is 3.17. The molecule has 12 nitrogen and oxygen atoms in total. The lowest BCUT2D eigenvalue weighted by atomic mass is 9.84. The molecule has 1 amide bonds. The van der Waals surface area contributed by atoms with E-state index in [1.54, 1.807) is 29.2 Å². The Balaban J connectivity index is 0.000000984. The van der Waals surface area contributed by atoms with Gasteiger partial charge < -0.3 is 34.8 Å². The van der Waals surface area contributed by atoms with E-state index in [0.717, 1.165) is 11.1 Å². The van der Waals surface area contributed by atoms with E-state index in [-0.39, 0.29) is 24.1 Å². The third kappa shape index (κ3) is 9.59. The number of carbonyl (C=O) groups is 4. The van der Waals surface area contributed by atoms with Crippen molar-refractivity contribution in [3.05, 3.63) is 52.1 Å². The maximum atomic E-state index is 13.7. The molecule has 2 aromatic carbocycles. The van der Waals surface area contributed by atoms with Gasteiger partial charge in [0, 0.05) is 43.4 Å². The van der Waals surface area contributed by atoms with E-state index in [2.05, 4.69) is 5.32 Å². The van der Waals surface area contributed by atoms with E-state index in [1.165, 1.54) is 7.05 Å². The molecule has 0 atom stereocenters. The highest BCUT2D eigenvalue weighted by Gasteiger charge is 2.38. The minimum atomic E-state index is -5.08. The zero-order chi connectivity index (χ0) is 35.9. The van der Waals surface area contributed by atoms with Crippen LogP contribution < -0.4 is 19.7 Å². The molecular formula is C32H41F3N4O8. The maximum absolute atomic E-state index is 13.7. The van der Waals surface area contributed by atoms with Crippen molar-refractivity contribution in [2.24, 2.45) is 0 Å². The maximum Gasteiger partial charge on any atom is 0.490 e. The summed E-state index contributed by atoms with van der Waals surface area (Å²) in [6.45, 7) is 13.3. The smallest absolute Gasteiger partial charge is 0.490 e. The lowest BCUT2D eigenvalue weighted by Gasteiger charge is -2.30. The Kier molecular flexibility index (Phi) is 12.8. The van der Waals surface area contributed by atoms with Gasteiger partial charge in [-0.05, 0) is 56.0 Å². The van der Waals surface area contributed by atoms with Gasteiger partial charge >= 0.3 is 18.1 Å². The molecule has 0 bridgehead atoms. The van der Waals surface area contributed by atoms with Crippen molar-refractivity contribution >= 4 is 35.2 Å². The quantitative estimate of drug-likeness (QED) is 0.233. The lowest BCUT2D eigenvalue weighted by Crippen LogP contribution is -2.31. The first kappa shape index (κ1) is 38.4. The number of carboxylic acid groups (broad SMARTS) is 2. The number of ether oxygens (including phenoxy) is 2. The van der Waals surface area contributed by atoms with Gasteiger partial charge in [0.25, 0.3) is 5.91 Å². The average Bonchev–Trinajstić information content (AvgIpc) is 3.28. The number of benzene rings is 2. The number of aliphatic carboxylic acids is 2. The van der Waals surface area contributed by atoms with Gasteiger partial charge in [0.15, 0.2) is 12.4 Å². The summed E-state index contributed by atoms with van der Waals surface area (Å²) in [5, 5.41) is 27.8. The monoisotopic (exact) mass is 666 g/mol. The molecule has 0 aliphatic carbocycles. The van der Waals surface area contributed by atoms with E-state index in [4.69, 9.17) is 24.8 Å². The Labute approximate surface area is 271 Å². The third-order valence-electron chi connectivity index (χ3n) is 7.13. The molecule has 0 fully saturated rings. The predicted octanol–water partition coefficient (Wildman–Crippen LogP) is 4.71. The molecule has 258 valence electrons. The largest absolute Gasteiger partial charge is 0.493 e. The van der Waals surface area contributed by atoms with E-state index in [1.807, 2.05) is 46.4 Å². The molecule has 1 aliphatic heterocycles. The highest BCUT2D eigenvalue weighted by Crippen LogP contribution is 2.41. The number of nitrogens with one attached hydrogen (secondary N) is 2. The van der Waals surface area contributed by atoms with Crippen molar-refractivity contribution in [2.45, 2.75) is 59.7 Å². The van der Waals surface area contributed by atoms with Crippen molar-refractivity contribution in [3.63, 3.8) is 0 Å². The van der Waals surface area contributed by atoms with Crippen LogP contribution in [0.25, 0.3) is 0 Å². The number of Topliss-reactive ketones (excluding diaryl/α,β-unsaturated/α-hetero) is 1. The van der Waals surface area contributed by atoms with E-state index in [9.17, 15) is 32.7 Å². The Bertz CT molecular complexity index is 1520. The Morgan fingerprint density at radius 3 is 2.06 bits per heavy atom. The molecule has 1 aliphatic rings. The normalized spacial score (nSPS) is 12.5. The minimum Gasteiger partial charge on any atom is -0.493 e. The fourth-order valence-electron chi connectivity index (χ4n) is 4.83. The number of halogens is 3. The number of nitrogens with zero attached hydrogens (tertiary/aromatic N) is 2. The number of hydrogen-bond acceptors (Lipinski definition) is 8. The van der Waals surface area contributed by atoms with Gasteiger partial charge in [0.2, 0.25) is 0 Å². The van der Waals surface area contributed by atoms with Crippen LogP contribution in [-0.4, -0.2) is 90.6 Å². The van der Waals surface area contributed by atoms with E-state index in [0.29, 0.717) is 60.1 Å². The summed E-state index contributed by atoms with van der Waals surface area (Å²) in [5.74, 6) is -3.26. The molecule has 4 N–H and O–H groups in total. The summed E-state index contributed by atoms with van der Waals surface area (Å²) in [4.78, 5) is 50.1. The van der Waals surface area contributed by atoms with Crippen LogP contribution in [0.2, 0.25) is 0 Å². The standard InChI is InChI=1S/C30H40N4O6.C2HF3O2/c1-8-33(9-2)23-12-18(11-22(30(4,5)6)27(23)40-17-26(36)37)24(35)16-34-15-19-13-25(39-10-3)21(29(38)32-7)14-20(19)28(34)31;3-2(4,5)1(6)7/h11-14,31H,8-10,15-17H2,1-7H3,(H,32,38)(H,36,37);(H,6,7). The SMILES string of the molecule is CCOc1cc2c(cc1C(=O)NC)C(=N)N(CC(=O)c1cc(N(CC)CC)c(OCC(=O)O)c(C(C)(C)C)c1)C2.O=C(O)C(F)(F)F. The molecule has 0 saturated heterocycles. The summed E-state index contributed by atoms with van der Waals surface area (Å²) < 4.78 is 43.2.